The number of fused-ring (bicyclic) bond motifs is 1. The van der Waals surface area contributed by atoms with E-state index in [1.165, 1.54) is 18.2 Å². The van der Waals surface area contributed by atoms with Crippen molar-refractivity contribution in [3.8, 4) is 0 Å². The van der Waals surface area contributed by atoms with Crippen molar-refractivity contribution < 1.29 is 14.0 Å². The van der Waals surface area contributed by atoms with Crippen LogP contribution in [0.1, 0.15) is 22.1 Å². The summed E-state index contributed by atoms with van der Waals surface area (Å²) in [6, 6.07) is 11.6. The van der Waals surface area contributed by atoms with E-state index in [0.717, 1.165) is 0 Å². The highest BCUT2D eigenvalue weighted by molar-refractivity contribution is 6.38. The summed E-state index contributed by atoms with van der Waals surface area (Å²) in [5.41, 5.74) is 6.49. The average Bonchev–Trinajstić information content (AvgIpc) is 2.89. The van der Waals surface area contributed by atoms with E-state index in [-0.39, 0.29) is 10.7 Å². The predicted octanol–water partition coefficient (Wildman–Crippen LogP) is 2.92. The van der Waals surface area contributed by atoms with Crippen LogP contribution in [0.5, 0.6) is 0 Å². The number of halogens is 2. The highest BCUT2D eigenvalue weighted by Gasteiger charge is 2.24. The zero-order chi connectivity index (χ0) is 17.3. The molecule has 0 aliphatic carbocycles. The second-order valence-corrected chi connectivity index (χ2v) is 5.60. The fourth-order valence-corrected chi connectivity index (χ4v) is 2.74. The molecule has 0 aliphatic heterocycles. The Morgan fingerprint density at radius 1 is 1.17 bits per heavy atom. The number of hydrogen-bond donors (Lipinski definition) is 3. The Balaban J connectivity index is 1.94. The predicted molar refractivity (Wildman–Crippen MR) is 89.1 cm³/mol. The summed E-state index contributed by atoms with van der Waals surface area (Å²) < 4.78 is 13.3. The number of carbonyl (C=O) groups excluding carboxylic acids is 2. The number of nitrogens with one attached hydrogen (secondary N) is 2. The molecule has 4 N–H and O–H groups in total. The molecule has 5 nitrogen and oxygen atoms in total. The quantitative estimate of drug-likeness (QED) is 0.679. The van der Waals surface area contributed by atoms with Crippen molar-refractivity contribution in [3.63, 3.8) is 0 Å². The molecule has 0 radical (unpaired) electrons. The monoisotopic (exact) mass is 345 g/mol. The van der Waals surface area contributed by atoms with Gasteiger partial charge in [0.15, 0.2) is 0 Å². The third-order valence-electron chi connectivity index (χ3n) is 3.62. The van der Waals surface area contributed by atoms with E-state index in [1.54, 1.807) is 30.3 Å². The summed E-state index contributed by atoms with van der Waals surface area (Å²) in [5, 5.41) is 3.01. The molecule has 0 aliphatic rings. The lowest BCUT2D eigenvalue weighted by molar-refractivity contribution is -0.120. The third kappa shape index (κ3) is 2.96. The molecule has 0 bridgehead atoms. The van der Waals surface area contributed by atoms with Crippen LogP contribution in [-0.4, -0.2) is 16.8 Å². The molecule has 3 aromatic rings. The largest absolute Gasteiger partial charge is 0.368 e. The number of rotatable bonds is 4. The van der Waals surface area contributed by atoms with E-state index in [1.807, 2.05) is 0 Å². The molecule has 0 saturated carbocycles. The van der Waals surface area contributed by atoms with Crippen molar-refractivity contribution in [2.75, 3.05) is 0 Å². The molecule has 0 fully saturated rings. The van der Waals surface area contributed by atoms with Gasteiger partial charge in [-0.2, -0.15) is 0 Å². The van der Waals surface area contributed by atoms with Crippen molar-refractivity contribution in [1.82, 2.24) is 10.3 Å². The number of carbonyl (C=O) groups is 2. The zero-order valence-corrected chi connectivity index (χ0v) is 13.1. The van der Waals surface area contributed by atoms with Gasteiger partial charge in [0, 0.05) is 10.9 Å². The van der Waals surface area contributed by atoms with E-state index < -0.39 is 23.7 Å². The van der Waals surface area contributed by atoms with Gasteiger partial charge in [0.25, 0.3) is 5.91 Å². The Kier molecular flexibility index (Phi) is 4.22. The summed E-state index contributed by atoms with van der Waals surface area (Å²) in [5.74, 6) is -1.77. The van der Waals surface area contributed by atoms with Crippen LogP contribution in [0.3, 0.4) is 0 Å². The van der Waals surface area contributed by atoms with Crippen LogP contribution in [-0.2, 0) is 4.79 Å². The minimum atomic E-state index is -1.00. The number of aromatic amines is 1. The Bertz CT molecular complexity index is 924. The van der Waals surface area contributed by atoms with Gasteiger partial charge in [-0.15, -0.1) is 0 Å². The number of primary amides is 1. The molecule has 2 aromatic carbocycles. The Morgan fingerprint density at radius 2 is 1.88 bits per heavy atom. The van der Waals surface area contributed by atoms with Gasteiger partial charge in [-0.3, -0.25) is 9.59 Å². The molecule has 1 atom stereocenters. The normalized spacial score (nSPS) is 12.1. The highest BCUT2D eigenvalue weighted by Crippen LogP contribution is 2.28. The first-order chi connectivity index (χ1) is 11.5. The molecular weight excluding hydrogens is 333 g/mol. The standard InChI is InChI=1S/C17H13ClFN3O2/c18-13-11-8-10(19)6-7-12(11)21-15(13)17(24)22-14(16(20)23)9-4-2-1-3-5-9/h1-8,14,21H,(H2,20,23)(H,22,24). The molecule has 1 unspecified atom stereocenters. The molecule has 0 saturated heterocycles. The molecule has 2 amide bonds. The van der Waals surface area contributed by atoms with Gasteiger partial charge in [-0.1, -0.05) is 41.9 Å². The maximum Gasteiger partial charge on any atom is 0.270 e. The molecule has 3 rings (SSSR count). The van der Waals surface area contributed by atoms with Gasteiger partial charge in [-0.25, -0.2) is 4.39 Å². The number of aromatic nitrogens is 1. The Labute approximate surface area is 141 Å². The van der Waals surface area contributed by atoms with E-state index in [9.17, 15) is 14.0 Å². The number of H-pyrrole nitrogens is 1. The van der Waals surface area contributed by atoms with Crippen molar-refractivity contribution in [1.29, 1.82) is 0 Å². The molecule has 1 heterocycles. The van der Waals surface area contributed by atoms with Crippen LogP contribution in [0.25, 0.3) is 10.9 Å². The van der Waals surface area contributed by atoms with E-state index in [0.29, 0.717) is 16.5 Å². The van der Waals surface area contributed by atoms with Crippen molar-refractivity contribution in [3.05, 3.63) is 70.6 Å². The van der Waals surface area contributed by atoms with Crippen LogP contribution >= 0.6 is 11.6 Å². The van der Waals surface area contributed by atoms with Gasteiger partial charge in [0.2, 0.25) is 5.91 Å². The second kappa shape index (κ2) is 6.33. The lowest BCUT2D eigenvalue weighted by atomic mass is 10.1. The minimum absolute atomic E-state index is 0.0412. The van der Waals surface area contributed by atoms with Gasteiger partial charge in [-0.05, 0) is 23.8 Å². The number of amides is 2. The Hall–Kier alpha value is -2.86. The number of hydrogen-bond acceptors (Lipinski definition) is 2. The summed E-state index contributed by atoms with van der Waals surface area (Å²) >= 11 is 6.16. The number of nitrogens with two attached hydrogens (primary N) is 1. The van der Waals surface area contributed by atoms with Crippen LogP contribution < -0.4 is 11.1 Å². The maximum absolute atomic E-state index is 13.3. The van der Waals surface area contributed by atoms with E-state index in [2.05, 4.69) is 10.3 Å². The first-order valence-corrected chi connectivity index (χ1v) is 7.47. The van der Waals surface area contributed by atoms with Crippen LogP contribution in [0.15, 0.2) is 48.5 Å². The van der Waals surface area contributed by atoms with Crippen LogP contribution in [0, 0.1) is 5.82 Å². The third-order valence-corrected chi connectivity index (χ3v) is 4.01. The van der Waals surface area contributed by atoms with E-state index >= 15 is 0 Å². The van der Waals surface area contributed by atoms with Gasteiger partial charge >= 0.3 is 0 Å². The first-order valence-electron chi connectivity index (χ1n) is 7.09. The topological polar surface area (TPSA) is 88.0 Å². The summed E-state index contributed by atoms with van der Waals surface area (Å²) in [6.45, 7) is 0. The molecular formula is C17H13ClFN3O2. The highest BCUT2D eigenvalue weighted by atomic mass is 35.5. The fraction of sp³-hybridized carbons (Fsp3) is 0.0588. The lowest BCUT2D eigenvalue weighted by Crippen LogP contribution is -2.37. The Morgan fingerprint density at radius 3 is 2.54 bits per heavy atom. The molecule has 0 spiro atoms. The van der Waals surface area contributed by atoms with Gasteiger partial charge in [0.05, 0.1) is 5.02 Å². The average molecular weight is 346 g/mol. The fourth-order valence-electron chi connectivity index (χ4n) is 2.46. The summed E-state index contributed by atoms with van der Waals surface area (Å²) in [7, 11) is 0. The van der Waals surface area contributed by atoms with Crippen molar-refractivity contribution in [2.24, 2.45) is 5.73 Å². The SMILES string of the molecule is NC(=O)C(NC(=O)c1[nH]c2ccc(F)cc2c1Cl)c1ccccc1. The van der Waals surface area contributed by atoms with Crippen molar-refractivity contribution in [2.45, 2.75) is 6.04 Å². The number of benzene rings is 2. The zero-order valence-electron chi connectivity index (χ0n) is 12.3. The van der Waals surface area contributed by atoms with Gasteiger partial charge in [0.1, 0.15) is 17.6 Å². The molecule has 122 valence electrons. The van der Waals surface area contributed by atoms with Crippen LogP contribution in [0.4, 0.5) is 4.39 Å². The lowest BCUT2D eigenvalue weighted by Gasteiger charge is -2.15. The summed E-state index contributed by atoms with van der Waals surface area (Å²) in [4.78, 5) is 27.0. The molecule has 7 heteroatoms. The smallest absolute Gasteiger partial charge is 0.270 e. The minimum Gasteiger partial charge on any atom is -0.368 e. The molecule has 1 aromatic heterocycles. The molecule has 24 heavy (non-hydrogen) atoms. The van der Waals surface area contributed by atoms with Crippen LogP contribution in [0.2, 0.25) is 5.02 Å². The summed E-state index contributed by atoms with van der Waals surface area (Å²) in [6.07, 6.45) is 0. The first kappa shape index (κ1) is 16.0. The van der Waals surface area contributed by atoms with Gasteiger partial charge < -0.3 is 16.0 Å². The van der Waals surface area contributed by atoms with Crippen molar-refractivity contribution >= 4 is 34.3 Å². The second-order valence-electron chi connectivity index (χ2n) is 5.22. The maximum atomic E-state index is 13.3. The van der Waals surface area contributed by atoms with E-state index in [4.69, 9.17) is 17.3 Å².